The van der Waals surface area contributed by atoms with Crippen molar-refractivity contribution in [2.75, 3.05) is 7.11 Å². The van der Waals surface area contributed by atoms with Gasteiger partial charge in [-0.1, -0.05) is 28.1 Å². The molecule has 2 aromatic carbocycles. The number of rotatable bonds is 3. The number of hydrogen-bond acceptors (Lipinski definition) is 3. The fraction of sp³-hybridized carbons (Fsp3) is 0.0625. The Morgan fingerprint density at radius 1 is 1.10 bits per heavy atom. The van der Waals surface area contributed by atoms with E-state index in [4.69, 9.17) is 4.74 Å². The van der Waals surface area contributed by atoms with Gasteiger partial charge in [0.25, 0.3) is 0 Å². The van der Waals surface area contributed by atoms with Crippen molar-refractivity contribution in [2.24, 2.45) is 0 Å². The lowest BCUT2D eigenvalue weighted by molar-refractivity contribution is 0.408. The summed E-state index contributed by atoms with van der Waals surface area (Å²) in [5.41, 5.74) is 3.42. The fourth-order valence-electron chi connectivity index (χ4n) is 2.19. The molecule has 106 valence electrons. The molecule has 0 saturated carbocycles. The summed E-state index contributed by atoms with van der Waals surface area (Å²) in [5, 5.41) is 17.2. The topological polar surface area (TPSA) is 58.1 Å². The molecule has 1 heterocycles. The van der Waals surface area contributed by atoms with Crippen LogP contribution >= 0.6 is 15.9 Å². The minimum Gasteiger partial charge on any atom is -0.507 e. The van der Waals surface area contributed by atoms with E-state index in [2.05, 4.69) is 26.1 Å². The maximum Gasteiger partial charge on any atom is 0.128 e. The molecule has 2 N–H and O–H groups in total. The van der Waals surface area contributed by atoms with Crippen LogP contribution in [0.3, 0.4) is 0 Å². The number of aromatic nitrogens is 2. The van der Waals surface area contributed by atoms with E-state index in [1.807, 2.05) is 30.3 Å². The van der Waals surface area contributed by atoms with Crippen molar-refractivity contribution < 1.29 is 9.84 Å². The number of aromatic amines is 1. The van der Waals surface area contributed by atoms with Gasteiger partial charge in [0.05, 0.1) is 19.0 Å². The fourth-order valence-corrected chi connectivity index (χ4v) is 2.45. The number of halogens is 1. The van der Waals surface area contributed by atoms with Crippen molar-refractivity contribution in [3.63, 3.8) is 0 Å². The Morgan fingerprint density at radius 3 is 2.52 bits per heavy atom. The average molecular weight is 345 g/mol. The van der Waals surface area contributed by atoms with Crippen LogP contribution in [0.5, 0.6) is 11.5 Å². The Bertz CT molecular complexity index is 766. The van der Waals surface area contributed by atoms with E-state index in [0.29, 0.717) is 11.3 Å². The second kappa shape index (κ2) is 5.61. The van der Waals surface area contributed by atoms with Gasteiger partial charge in [-0.2, -0.15) is 5.10 Å². The molecule has 3 aromatic rings. The molecular formula is C16H13BrN2O2. The number of methoxy groups -OCH3 is 1. The summed E-state index contributed by atoms with van der Waals surface area (Å²) in [6.07, 6.45) is 1.75. The predicted octanol–water partition coefficient (Wildman–Crippen LogP) is 4.22. The first-order valence-corrected chi connectivity index (χ1v) is 7.15. The van der Waals surface area contributed by atoms with Gasteiger partial charge in [0.2, 0.25) is 0 Å². The number of benzene rings is 2. The Morgan fingerprint density at radius 2 is 1.86 bits per heavy atom. The highest BCUT2D eigenvalue weighted by atomic mass is 79.9. The molecule has 0 amide bonds. The average Bonchev–Trinajstić information content (AvgIpc) is 2.97. The van der Waals surface area contributed by atoms with Crippen molar-refractivity contribution in [1.29, 1.82) is 0 Å². The first kappa shape index (κ1) is 13.7. The van der Waals surface area contributed by atoms with Crippen molar-refractivity contribution in [3.8, 4) is 33.9 Å². The highest BCUT2D eigenvalue weighted by molar-refractivity contribution is 9.10. The quantitative estimate of drug-likeness (QED) is 0.747. The van der Waals surface area contributed by atoms with Gasteiger partial charge < -0.3 is 9.84 Å². The largest absolute Gasteiger partial charge is 0.507 e. The number of phenolic OH excluding ortho intramolecular Hbond substituents is 1. The molecule has 1 aromatic heterocycles. The predicted molar refractivity (Wildman–Crippen MR) is 85.4 cm³/mol. The molecule has 3 rings (SSSR count). The molecule has 0 radical (unpaired) electrons. The molecule has 0 saturated heterocycles. The van der Waals surface area contributed by atoms with Crippen molar-refractivity contribution >= 4 is 15.9 Å². The Balaban J connectivity index is 2.09. The van der Waals surface area contributed by atoms with E-state index in [-0.39, 0.29) is 5.75 Å². The van der Waals surface area contributed by atoms with Crippen LogP contribution in [0.15, 0.2) is 53.1 Å². The van der Waals surface area contributed by atoms with E-state index in [0.717, 1.165) is 21.3 Å². The second-order valence-electron chi connectivity index (χ2n) is 4.55. The first-order valence-electron chi connectivity index (χ1n) is 6.35. The molecule has 5 heteroatoms. The van der Waals surface area contributed by atoms with Crippen LogP contribution in [-0.2, 0) is 0 Å². The molecule has 0 aliphatic heterocycles. The molecular weight excluding hydrogens is 332 g/mol. The zero-order valence-electron chi connectivity index (χ0n) is 11.3. The van der Waals surface area contributed by atoms with Crippen LogP contribution in [-0.4, -0.2) is 22.4 Å². The second-order valence-corrected chi connectivity index (χ2v) is 5.46. The molecule has 0 fully saturated rings. The van der Waals surface area contributed by atoms with Crippen LogP contribution in [0.1, 0.15) is 0 Å². The van der Waals surface area contributed by atoms with Crippen LogP contribution in [0.4, 0.5) is 0 Å². The third kappa shape index (κ3) is 2.64. The van der Waals surface area contributed by atoms with Gasteiger partial charge in [-0.05, 0) is 29.8 Å². The van der Waals surface area contributed by atoms with Crippen LogP contribution < -0.4 is 4.74 Å². The molecule has 0 aliphatic carbocycles. The summed E-state index contributed by atoms with van der Waals surface area (Å²) < 4.78 is 6.12. The minimum absolute atomic E-state index is 0.150. The van der Waals surface area contributed by atoms with Crippen molar-refractivity contribution in [3.05, 3.63) is 53.1 Å². The lowest BCUT2D eigenvalue weighted by Gasteiger charge is -2.08. The molecule has 0 bridgehead atoms. The van der Waals surface area contributed by atoms with Gasteiger partial charge in [-0.25, -0.2) is 0 Å². The molecule has 0 unspecified atom stereocenters. The zero-order chi connectivity index (χ0) is 14.8. The normalized spacial score (nSPS) is 10.6. The molecule has 21 heavy (non-hydrogen) atoms. The number of aromatic hydroxyl groups is 1. The van der Waals surface area contributed by atoms with E-state index in [1.54, 1.807) is 25.4 Å². The third-order valence-corrected chi connectivity index (χ3v) is 3.80. The zero-order valence-corrected chi connectivity index (χ0v) is 12.9. The highest BCUT2D eigenvalue weighted by Crippen LogP contribution is 2.37. The number of nitrogens with zero attached hydrogens (tertiary/aromatic N) is 1. The van der Waals surface area contributed by atoms with Crippen LogP contribution in [0.25, 0.3) is 22.4 Å². The Labute approximate surface area is 130 Å². The van der Waals surface area contributed by atoms with Gasteiger partial charge in [-0.15, -0.1) is 0 Å². The van der Waals surface area contributed by atoms with Crippen molar-refractivity contribution in [2.45, 2.75) is 0 Å². The third-order valence-electron chi connectivity index (χ3n) is 3.27. The van der Waals surface area contributed by atoms with Crippen LogP contribution in [0.2, 0.25) is 0 Å². The molecule has 0 spiro atoms. The molecule has 0 atom stereocenters. The lowest BCUT2D eigenvalue weighted by Crippen LogP contribution is -1.86. The summed E-state index contributed by atoms with van der Waals surface area (Å²) in [6.45, 7) is 0. The SMILES string of the molecule is COc1ccc(-c2[nH]ncc2-c2ccc(Br)cc2)c(O)c1. The van der Waals surface area contributed by atoms with Crippen molar-refractivity contribution in [1.82, 2.24) is 10.2 Å². The number of hydrogen-bond donors (Lipinski definition) is 2. The van der Waals surface area contributed by atoms with Gasteiger partial charge >= 0.3 is 0 Å². The summed E-state index contributed by atoms with van der Waals surface area (Å²) in [5.74, 6) is 0.762. The first-order chi connectivity index (χ1) is 10.2. The number of phenols is 1. The van der Waals surface area contributed by atoms with E-state index in [9.17, 15) is 5.11 Å². The highest BCUT2D eigenvalue weighted by Gasteiger charge is 2.13. The van der Waals surface area contributed by atoms with E-state index in [1.165, 1.54) is 0 Å². The van der Waals surface area contributed by atoms with Gasteiger partial charge in [0, 0.05) is 21.7 Å². The summed E-state index contributed by atoms with van der Waals surface area (Å²) in [7, 11) is 1.57. The smallest absolute Gasteiger partial charge is 0.128 e. The standard InChI is InChI=1S/C16H13BrN2O2/c1-21-12-6-7-13(15(20)8-12)16-14(9-18-19-16)10-2-4-11(17)5-3-10/h2-9,20H,1H3,(H,18,19). The van der Waals surface area contributed by atoms with Crippen LogP contribution in [0, 0.1) is 0 Å². The maximum absolute atomic E-state index is 10.2. The van der Waals surface area contributed by atoms with Gasteiger partial charge in [0.15, 0.2) is 0 Å². The Kier molecular flexibility index (Phi) is 3.66. The number of H-pyrrole nitrogens is 1. The van der Waals surface area contributed by atoms with E-state index < -0.39 is 0 Å². The summed E-state index contributed by atoms with van der Waals surface area (Å²) >= 11 is 3.42. The molecule has 0 aliphatic rings. The molecule has 4 nitrogen and oxygen atoms in total. The van der Waals surface area contributed by atoms with Gasteiger partial charge in [-0.3, -0.25) is 5.10 Å². The van der Waals surface area contributed by atoms with Gasteiger partial charge in [0.1, 0.15) is 11.5 Å². The monoisotopic (exact) mass is 344 g/mol. The Hall–Kier alpha value is -2.27. The summed E-state index contributed by atoms with van der Waals surface area (Å²) in [6, 6.07) is 13.1. The number of ether oxygens (including phenoxy) is 1. The van der Waals surface area contributed by atoms with E-state index >= 15 is 0 Å². The minimum atomic E-state index is 0.150. The number of nitrogens with one attached hydrogen (secondary N) is 1. The maximum atomic E-state index is 10.2. The lowest BCUT2D eigenvalue weighted by atomic mass is 10.0. The summed E-state index contributed by atoms with van der Waals surface area (Å²) in [4.78, 5) is 0.